The fourth-order valence-corrected chi connectivity index (χ4v) is 1.77. The molecule has 0 aromatic rings. The van der Waals surface area contributed by atoms with Crippen LogP contribution in [0.15, 0.2) is 0 Å². The SMILES string of the molecule is NCC1COC(=O)N1C1CCC1. The van der Waals surface area contributed by atoms with Gasteiger partial charge in [-0.2, -0.15) is 0 Å². The summed E-state index contributed by atoms with van der Waals surface area (Å²) in [5.41, 5.74) is 5.53. The average molecular weight is 170 g/mol. The minimum atomic E-state index is -0.171. The van der Waals surface area contributed by atoms with Crippen LogP contribution < -0.4 is 5.73 Å². The molecule has 1 saturated carbocycles. The van der Waals surface area contributed by atoms with Crippen molar-refractivity contribution >= 4 is 6.09 Å². The number of nitrogens with zero attached hydrogens (tertiary/aromatic N) is 1. The third kappa shape index (κ3) is 1.06. The molecule has 0 aromatic heterocycles. The van der Waals surface area contributed by atoms with Crippen LogP contribution in [0.3, 0.4) is 0 Å². The van der Waals surface area contributed by atoms with Crippen LogP contribution in [0.2, 0.25) is 0 Å². The van der Waals surface area contributed by atoms with Gasteiger partial charge in [-0.3, -0.25) is 4.90 Å². The summed E-state index contributed by atoms with van der Waals surface area (Å²) in [7, 11) is 0. The number of cyclic esters (lactones) is 1. The summed E-state index contributed by atoms with van der Waals surface area (Å²) >= 11 is 0. The summed E-state index contributed by atoms with van der Waals surface area (Å²) in [6.07, 6.45) is 3.29. The molecular weight excluding hydrogens is 156 g/mol. The summed E-state index contributed by atoms with van der Waals surface area (Å²) in [6.45, 7) is 0.994. The normalized spacial score (nSPS) is 30.2. The van der Waals surface area contributed by atoms with Crippen molar-refractivity contribution in [2.24, 2.45) is 5.73 Å². The van der Waals surface area contributed by atoms with Crippen molar-refractivity contribution in [3.63, 3.8) is 0 Å². The molecule has 2 N–H and O–H groups in total. The van der Waals surface area contributed by atoms with Crippen molar-refractivity contribution in [3.8, 4) is 0 Å². The third-order valence-electron chi connectivity index (χ3n) is 2.74. The Bertz CT molecular complexity index is 191. The quantitative estimate of drug-likeness (QED) is 0.649. The van der Waals surface area contributed by atoms with Gasteiger partial charge in [0, 0.05) is 12.6 Å². The maximum absolute atomic E-state index is 11.2. The van der Waals surface area contributed by atoms with E-state index in [4.69, 9.17) is 10.5 Å². The lowest BCUT2D eigenvalue weighted by molar-refractivity contribution is 0.119. The Balaban J connectivity index is 2.03. The second kappa shape index (κ2) is 2.94. The Kier molecular flexibility index (Phi) is 1.92. The molecule has 1 aliphatic carbocycles. The molecule has 0 bridgehead atoms. The van der Waals surface area contributed by atoms with Crippen molar-refractivity contribution in [2.45, 2.75) is 31.3 Å². The number of amides is 1. The van der Waals surface area contributed by atoms with Gasteiger partial charge in [0.2, 0.25) is 0 Å². The van der Waals surface area contributed by atoms with E-state index in [1.807, 2.05) is 4.90 Å². The maximum Gasteiger partial charge on any atom is 0.410 e. The molecular formula is C8H14N2O2. The van der Waals surface area contributed by atoms with E-state index in [2.05, 4.69) is 0 Å². The van der Waals surface area contributed by atoms with E-state index in [0.29, 0.717) is 19.2 Å². The van der Waals surface area contributed by atoms with E-state index in [1.54, 1.807) is 0 Å². The number of ether oxygens (including phenoxy) is 1. The molecule has 1 unspecified atom stereocenters. The summed E-state index contributed by atoms with van der Waals surface area (Å²) < 4.78 is 4.93. The molecule has 1 heterocycles. The molecule has 0 aromatic carbocycles. The molecule has 2 aliphatic rings. The number of carbonyl (C=O) groups is 1. The second-order valence-corrected chi connectivity index (χ2v) is 3.46. The first kappa shape index (κ1) is 7.86. The summed E-state index contributed by atoms with van der Waals surface area (Å²) in [6, 6.07) is 0.538. The van der Waals surface area contributed by atoms with Crippen LogP contribution >= 0.6 is 0 Å². The van der Waals surface area contributed by atoms with Gasteiger partial charge in [0.25, 0.3) is 0 Å². The molecule has 68 valence electrons. The highest BCUT2D eigenvalue weighted by Gasteiger charge is 2.39. The number of carbonyl (C=O) groups excluding carboxylic acids is 1. The van der Waals surface area contributed by atoms with Crippen molar-refractivity contribution < 1.29 is 9.53 Å². The zero-order valence-corrected chi connectivity index (χ0v) is 7.03. The highest BCUT2D eigenvalue weighted by molar-refractivity contribution is 5.70. The number of nitrogens with two attached hydrogens (primary N) is 1. The van der Waals surface area contributed by atoms with Gasteiger partial charge in [0.1, 0.15) is 6.61 Å². The topological polar surface area (TPSA) is 55.6 Å². The minimum Gasteiger partial charge on any atom is -0.447 e. The zero-order chi connectivity index (χ0) is 8.55. The summed E-state index contributed by atoms with van der Waals surface area (Å²) in [5, 5.41) is 0. The van der Waals surface area contributed by atoms with Crippen LogP contribution in [0.1, 0.15) is 19.3 Å². The van der Waals surface area contributed by atoms with Gasteiger partial charge in [-0.15, -0.1) is 0 Å². The molecule has 4 heteroatoms. The predicted octanol–water partition coefficient (Wildman–Crippen LogP) is 0.318. The molecule has 2 rings (SSSR count). The molecule has 1 amide bonds. The number of rotatable bonds is 2. The van der Waals surface area contributed by atoms with Gasteiger partial charge >= 0.3 is 6.09 Å². The first-order valence-corrected chi connectivity index (χ1v) is 4.48. The van der Waals surface area contributed by atoms with E-state index >= 15 is 0 Å². The molecule has 1 saturated heterocycles. The molecule has 1 aliphatic heterocycles. The summed E-state index contributed by atoms with van der Waals surface area (Å²) in [4.78, 5) is 13.0. The Hall–Kier alpha value is -0.770. The fraction of sp³-hybridized carbons (Fsp3) is 0.875. The Morgan fingerprint density at radius 3 is 2.83 bits per heavy atom. The van der Waals surface area contributed by atoms with Gasteiger partial charge in [-0.05, 0) is 19.3 Å². The molecule has 0 spiro atoms. The van der Waals surface area contributed by atoms with E-state index in [-0.39, 0.29) is 12.1 Å². The van der Waals surface area contributed by atoms with E-state index in [9.17, 15) is 4.79 Å². The minimum absolute atomic E-state index is 0.128. The monoisotopic (exact) mass is 170 g/mol. The molecule has 4 nitrogen and oxygen atoms in total. The van der Waals surface area contributed by atoms with Gasteiger partial charge in [0.05, 0.1) is 6.04 Å². The number of hydrogen-bond donors (Lipinski definition) is 1. The summed E-state index contributed by atoms with van der Waals surface area (Å²) in [5.74, 6) is 0. The van der Waals surface area contributed by atoms with Crippen LogP contribution in [0.4, 0.5) is 4.79 Å². The van der Waals surface area contributed by atoms with Crippen molar-refractivity contribution in [3.05, 3.63) is 0 Å². The van der Waals surface area contributed by atoms with Crippen molar-refractivity contribution in [2.75, 3.05) is 13.2 Å². The maximum atomic E-state index is 11.2. The van der Waals surface area contributed by atoms with Crippen LogP contribution in [0.5, 0.6) is 0 Å². The van der Waals surface area contributed by atoms with Crippen molar-refractivity contribution in [1.82, 2.24) is 4.90 Å². The van der Waals surface area contributed by atoms with Gasteiger partial charge in [0.15, 0.2) is 0 Å². The van der Waals surface area contributed by atoms with Crippen LogP contribution in [-0.2, 0) is 4.74 Å². The standard InChI is InChI=1S/C8H14N2O2/c9-4-7-5-12-8(11)10(7)6-2-1-3-6/h6-7H,1-5,9H2. The lowest BCUT2D eigenvalue weighted by Gasteiger charge is -2.35. The molecule has 2 fully saturated rings. The highest BCUT2D eigenvalue weighted by Crippen LogP contribution is 2.29. The van der Waals surface area contributed by atoms with E-state index in [0.717, 1.165) is 12.8 Å². The third-order valence-corrected chi connectivity index (χ3v) is 2.74. The molecule has 12 heavy (non-hydrogen) atoms. The lowest BCUT2D eigenvalue weighted by atomic mass is 9.91. The molecule has 1 atom stereocenters. The Morgan fingerprint density at radius 2 is 2.33 bits per heavy atom. The molecule has 0 radical (unpaired) electrons. The fourth-order valence-electron chi connectivity index (χ4n) is 1.77. The van der Waals surface area contributed by atoms with Crippen LogP contribution in [0, 0.1) is 0 Å². The smallest absolute Gasteiger partial charge is 0.410 e. The lowest BCUT2D eigenvalue weighted by Crippen LogP contribution is -2.48. The zero-order valence-electron chi connectivity index (χ0n) is 7.03. The average Bonchev–Trinajstić information content (AvgIpc) is 2.30. The first-order valence-electron chi connectivity index (χ1n) is 4.48. The Morgan fingerprint density at radius 1 is 1.58 bits per heavy atom. The van der Waals surface area contributed by atoms with Crippen LogP contribution in [-0.4, -0.2) is 36.2 Å². The van der Waals surface area contributed by atoms with Gasteiger partial charge in [-0.1, -0.05) is 0 Å². The van der Waals surface area contributed by atoms with Gasteiger partial charge in [-0.25, -0.2) is 4.79 Å². The number of hydrogen-bond acceptors (Lipinski definition) is 3. The van der Waals surface area contributed by atoms with Crippen LogP contribution in [0.25, 0.3) is 0 Å². The largest absolute Gasteiger partial charge is 0.447 e. The van der Waals surface area contributed by atoms with E-state index in [1.165, 1.54) is 6.42 Å². The van der Waals surface area contributed by atoms with Crippen molar-refractivity contribution in [1.29, 1.82) is 0 Å². The first-order chi connectivity index (χ1) is 5.83. The Labute approximate surface area is 71.7 Å². The van der Waals surface area contributed by atoms with E-state index < -0.39 is 0 Å². The van der Waals surface area contributed by atoms with Gasteiger partial charge < -0.3 is 10.5 Å². The highest BCUT2D eigenvalue weighted by atomic mass is 16.6. The predicted molar refractivity (Wildman–Crippen MR) is 43.7 cm³/mol. The second-order valence-electron chi connectivity index (χ2n) is 3.46.